The molecule has 470 valence electrons. The van der Waals surface area contributed by atoms with Crippen LogP contribution >= 0.6 is 0 Å². The SMILES string of the molecule is CC/C=C\C/C=C\C/C=C\C/C=C\C/C=C\C/C=C\CCCCCCCCCCC(=O)OCC(COC(=O)CCC/C=C\C/C=C\C/C=C\C/C=C\C/C=C\CC)OC(=O)CCCCCCCCCCC/C=C\CCCCCCCCCC. The second-order valence-electron chi connectivity index (χ2n) is 22.3. The molecule has 0 aromatic carbocycles. The Morgan fingerprint density at radius 2 is 0.482 bits per heavy atom. The number of rotatable bonds is 61. The number of esters is 3. The van der Waals surface area contributed by atoms with Crippen molar-refractivity contribution in [2.75, 3.05) is 13.2 Å². The van der Waals surface area contributed by atoms with Crippen LogP contribution in [-0.2, 0) is 28.6 Å². The van der Waals surface area contributed by atoms with Gasteiger partial charge in [-0.1, -0.05) is 295 Å². The van der Waals surface area contributed by atoms with Crippen LogP contribution in [0, 0.1) is 0 Å². The first-order chi connectivity index (χ1) is 41.0. The normalized spacial score (nSPS) is 13.0. The predicted octanol–water partition coefficient (Wildman–Crippen LogP) is 23.9. The molecule has 0 N–H and O–H groups in total. The van der Waals surface area contributed by atoms with Crippen LogP contribution in [0.5, 0.6) is 0 Å². The molecule has 0 saturated carbocycles. The van der Waals surface area contributed by atoms with E-state index < -0.39 is 6.10 Å². The number of carbonyl (C=O) groups is 3. The standard InChI is InChI=1S/C77H126O6/c1-4-7-10-13-16-19-22-25-28-31-33-35-36-37-38-39-40-42-43-46-49-52-55-58-61-64-67-70-76(79)82-73-74(72-81-75(78)69-66-63-60-57-54-51-48-45-30-27-24-21-18-15-12-9-6-3)83-77(80)71-68-65-62-59-56-53-50-47-44-41-34-32-29-26-23-20-17-14-11-8-5-2/h7,9-10,12,16,18-19,21,25,27-28,30,32-35,37-38,40,42,48,51,57,60,74H,4-6,8,11,13-15,17,20,22-24,26,29,31,36,39,41,43-47,49-50,52-56,58-59,61-73H2,1-3H3/b10-7-,12-9-,19-16-,21-18-,28-25-,30-27-,34-32-,35-33-,38-37-,42-40-,51-48-,60-57-. The number of hydrogen-bond acceptors (Lipinski definition) is 6. The lowest BCUT2D eigenvalue weighted by Crippen LogP contribution is -2.30. The number of allylic oxidation sites excluding steroid dienone is 24. The third-order valence-electron chi connectivity index (χ3n) is 14.3. The highest BCUT2D eigenvalue weighted by Crippen LogP contribution is 2.16. The van der Waals surface area contributed by atoms with Crippen molar-refractivity contribution in [3.63, 3.8) is 0 Å². The molecule has 0 heterocycles. The Morgan fingerprint density at radius 3 is 0.795 bits per heavy atom. The van der Waals surface area contributed by atoms with Crippen LogP contribution in [0.4, 0.5) is 0 Å². The van der Waals surface area contributed by atoms with Gasteiger partial charge < -0.3 is 14.2 Å². The van der Waals surface area contributed by atoms with E-state index >= 15 is 0 Å². The second-order valence-corrected chi connectivity index (χ2v) is 22.3. The third-order valence-corrected chi connectivity index (χ3v) is 14.3. The maximum Gasteiger partial charge on any atom is 0.306 e. The van der Waals surface area contributed by atoms with Gasteiger partial charge in [-0.15, -0.1) is 0 Å². The molecular formula is C77H126O6. The maximum atomic E-state index is 13.0. The molecule has 0 amide bonds. The molecule has 6 heteroatoms. The van der Waals surface area contributed by atoms with Crippen molar-refractivity contribution in [2.24, 2.45) is 0 Å². The Balaban J connectivity index is 4.45. The topological polar surface area (TPSA) is 78.9 Å². The molecule has 6 nitrogen and oxygen atoms in total. The van der Waals surface area contributed by atoms with E-state index in [4.69, 9.17) is 14.2 Å². The van der Waals surface area contributed by atoms with E-state index in [2.05, 4.69) is 167 Å². The Labute approximate surface area is 512 Å². The lowest BCUT2D eigenvalue weighted by molar-refractivity contribution is -0.167. The highest BCUT2D eigenvalue weighted by molar-refractivity contribution is 5.71. The highest BCUT2D eigenvalue weighted by Gasteiger charge is 2.19. The van der Waals surface area contributed by atoms with E-state index in [1.165, 1.54) is 135 Å². The summed E-state index contributed by atoms with van der Waals surface area (Å²) in [4.78, 5) is 38.4. The third kappa shape index (κ3) is 68.0. The molecule has 0 aromatic heterocycles. The van der Waals surface area contributed by atoms with E-state index in [0.717, 1.165) is 122 Å². The van der Waals surface area contributed by atoms with Gasteiger partial charge in [-0.2, -0.15) is 0 Å². The molecule has 0 bridgehead atoms. The minimum atomic E-state index is -0.814. The van der Waals surface area contributed by atoms with Gasteiger partial charge in [-0.05, 0) is 135 Å². The van der Waals surface area contributed by atoms with Gasteiger partial charge in [0.2, 0.25) is 0 Å². The molecule has 0 aromatic rings. The van der Waals surface area contributed by atoms with Gasteiger partial charge in [0.25, 0.3) is 0 Å². The average molecular weight is 1150 g/mol. The van der Waals surface area contributed by atoms with Gasteiger partial charge in [0.1, 0.15) is 13.2 Å². The van der Waals surface area contributed by atoms with Crippen LogP contribution in [0.3, 0.4) is 0 Å². The monoisotopic (exact) mass is 1150 g/mol. The zero-order valence-corrected chi connectivity index (χ0v) is 53.9. The van der Waals surface area contributed by atoms with Crippen molar-refractivity contribution >= 4 is 17.9 Å². The van der Waals surface area contributed by atoms with E-state index in [-0.39, 0.29) is 37.5 Å². The summed E-state index contributed by atoms with van der Waals surface area (Å²) in [5, 5.41) is 0. The number of unbranched alkanes of at least 4 members (excludes halogenated alkanes) is 26. The summed E-state index contributed by atoms with van der Waals surface area (Å²) in [5.41, 5.74) is 0. The Morgan fingerprint density at radius 1 is 0.253 bits per heavy atom. The number of ether oxygens (including phenoxy) is 3. The molecule has 0 aliphatic carbocycles. The Kier molecular flexibility index (Phi) is 65.8. The van der Waals surface area contributed by atoms with Crippen LogP contribution in [-0.4, -0.2) is 37.2 Å². The summed E-state index contributed by atoms with van der Waals surface area (Å²) >= 11 is 0. The van der Waals surface area contributed by atoms with Crippen molar-refractivity contribution in [1.82, 2.24) is 0 Å². The number of hydrogen-bond donors (Lipinski definition) is 0. The van der Waals surface area contributed by atoms with Crippen LogP contribution in [0.25, 0.3) is 0 Å². The quantitative estimate of drug-likeness (QED) is 0.0261. The lowest BCUT2D eigenvalue weighted by Gasteiger charge is -2.18. The van der Waals surface area contributed by atoms with Crippen molar-refractivity contribution < 1.29 is 28.6 Å². The first kappa shape index (κ1) is 78.3. The predicted molar refractivity (Wildman–Crippen MR) is 362 cm³/mol. The van der Waals surface area contributed by atoms with Crippen molar-refractivity contribution in [2.45, 2.75) is 309 Å². The minimum Gasteiger partial charge on any atom is -0.462 e. The van der Waals surface area contributed by atoms with Gasteiger partial charge in [0.15, 0.2) is 6.10 Å². The molecular weight excluding hydrogens is 1020 g/mol. The molecule has 0 saturated heterocycles. The smallest absolute Gasteiger partial charge is 0.306 e. The average Bonchev–Trinajstić information content (AvgIpc) is 3.49. The van der Waals surface area contributed by atoms with Gasteiger partial charge in [-0.25, -0.2) is 0 Å². The number of carbonyl (C=O) groups excluding carboxylic acids is 3. The van der Waals surface area contributed by atoms with Crippen molar-refractivity contribution in [1.29, 1.82) is 0 Å². The van der Waals surface area contributed by atoms with Crippen LogP contribution < -0.4 is 0 Å². The fourth-order valence-electron chi connectivity index (χ4n) is 9.24. The van der Waals surface area contributed by atoms with E-state index in [1.807, 2.05) is 0 Å². The van der Waals surface area contributed by atoms with Gasteiger partial charge in [0.05, 0.1) is 0 Å². The zero-order chi connectivity index (χ0) is 59.9. The molecule has 0 spiro atoms. The Hall–Kier alpha value is -4.71. The molecule has 0 rings (SSSR count). The summed E-state index contributed by atoms with van der Waals surface area (Å²) in [6.45, 7) is 6.37. The lowest BCUT2D eigenvalue weighted by atomic mass is 10.1. The molecule has 83 heavy (non-hydrogen) atoms. The van der Waals surface area contributed by atoms with E-state index in [1.54, 1.807) is 0 Å². The van der Waals surface area contributed by atoms with Crippen LogP contribution in [0.1, 0.15) is 303 Å². The van der Waals surface area contributed by atoms with E-state index in [9.17, 15) is 14.4 Å². The molecule has 0 radical (unpaired) electrons. The summed E-state index contributed by atoms with van der Waals surface area (Å²) in [7, 11) is 0. The van der Waals surface area contributed by atoms with Gasteiger partial charge >= 0.3 is 17.9 Å². The Bertz CT molecular complexity index is 1800. The molecule has 1 unspecified atom stereocenters. The summed E-state index contributed by atoms with van der Waals surface area (Å²) < 4.78 is 16.9. The van der Waals surface area contributed by atoms with Gasteiger partial charge in [-0.3, -0.25) is 14.4 Å². The zero-order valence-electron chi connectivity index (χ0n) is 53.9. The summed E-state index contributed by atoms with van der Waals surface area (Å²) in [5.74, 6) is -0.971. The molecule has 0 aliphatic rings. The van der Waals surface area contributed by atoms with Crippen LogP contribution in [0.15, 0.2) is 146 Å². The van der Waals surface area contributed by atoms with Gasteiger partial charge in [0, 0.05) is 19.3 Å². The summed E-state index contributed by atoms with van der Waals surface area (Å²) in [6.07, 6.45) is 100. The maximum absolute atomic E-state index is 13.0. The molecule has 1 atom stereocenters. The minimum absolute atomic E-state index is 0.105. The summed E-state index contributed by atoms with van der Waals surface area (Å²) in [6, 6.07) is 0. The second kappa shape index (κ2) is 69.8. The van der Waals surface area contributed by atoms with Crippen LogP contribution in [0.2, 0.25) is 0 Å². The van der Waals surface area contributed by atoms with Crippen molar-refractivity contribution in [3.8, 4) is 0 Å². The van der Waals surface area contributed by atoms with Crippen molar-refractivity contribution in [3.05, 3.63) is 146 Å². The molecule has 0 aliphatic heterocycles. The largest absolute Gasteiger partial charge is 0.462 e. The molecule has 0 fully saturated rings. The fourth-order valence-corrected chi connectivity index (χ4v) is 9.24. The first-order valence-electron chi connectivity index (χ1n) is 34.3. The fraction of sp³-hybridized carbons (Fsp3) is 0.649. The van der Waals surface area contributed by atoms with E-state index in [0.29, 0.717) is 19.3 Å². The first-order valence-corrected chi connectivity index (χ1v) is 34.3. The highest BCUT2D eigenvalue weighted by atomic mass is 16.6.